The van der Waals surface area contributed by atoms with Gasteiger partial charge in [0.2, 0.25) is 0 Å². The molecular weight excluding hydrogens is 160 g/mol. The van der Waals surface area contributed by atoms with E-state index in [0.717, 1.165) is 6.42 Å². The predicted octanol–water partition coefficient (Wildman–Crippen LogP) is 3.44. The van der Waals surface area contributed by atoms with E-state index in [0.29, 0.717) is 11.7 Å². The summed E-state index contributed by atoms with van der Waals surface area (Å²) >= 11 is 0. The Kier molecular flexibility index (Phi) is 1.50. The highest BCUT2D eigenvalue weighted by Gasteiger charge is 2.64. The second-order valence-electron chi connectivity index (χ2n) is 5.44. The van der Waals surface area contributed by atoms with E-state index in [1.165, 1.54) is 5.57 Å². The van der Waals surface area contributed by atoms with Crippen LogP contribution in [0.4, 0.5) is 0 Å². The highest BCUT2D eigenvalue weighted by molar-refractivity contribution is 5.39. The number of rotatable bonds is 0. The van der Waals surface area contributed by atoms with Crippen molar-refractivity contribution in [1.82, 2.24) is 0 Å². The van der Waals surface area contributed by atoms with Gasteiger partial charge in [0.25, 0.3) is 0 Å². The van der Waals surface area contributed by atoms with Crippen molar-refractivity contribution in [3.8, 4) is 0 Å². The summed E-state index contributed by atoms with van der Waals surface area (Å²) < 4.78 is 0. The van der Waals surface area contributed by atoms with Crippen molar-refractivity contribution in [2.45, 2.75) is 34.1 Å². The van der Waals surface area contributed by atoms with Crippen molar-refractivity contribution in [3.63, 3.8) is 0 Å². The van der Waals surface area contributed by atoms with Gasteiger partial charge in [-0.15, -0.1) is 0 Å². The van der Waals surface area contributed by atoms with Gasteiger partial charge >= 0.3 is 0 Å². The van der Waals surface area contributed by atoms with Gasteiger partial charge in [0.1, 0.15) is 0 Å². The molecule has 1 nitrogen and oxygen atoms in total. The third kappa shape index (κ3) is 0.932. The van der Waals surface area contributed by atoms with E-state index in [4.69, 9.17) is 0 Å². The van der Waals surface area contributed by atoms with Crippen LogP contribution in [0.3, 0.4) is 0 Å². The fourth-order valence-corrected chi connectivity index (χ4v) is 2.78. The largest absolute Gasteiger partial charge is 0.512 e. The van der Waals surface area contributed by atoms with Crippen molar-refractivity contribution in [3.05, 3.63) is 23.5 Å². The molecule has 0 bridgehead atoms. The molecule has 1 saturated carbocycles. The number of aliphatic hydroxyl groups excluding tert-OH is 1. The topological polar surface area (TPSA) is 20.2 Å². The predicted molar refractivity (Wildman–Crippen MR) is 54.5 cm³/mol. The average Bonchev–Trinajstić information content (AvgIpc) is 2.72. The zero-order chi connectivity index (χ0) is 9.85. The monoisotopic (exact) mass is 178 g/mol. The first-order valence-electron chi connectivity index (χ1n) is 4.97. The average molecular weight is 178 g/mol. The van der Waals surface area contributed by atoms with Crippen LogP contribution in [0.5, 0.6) is 0 Å². The summed E-state index contributed by atoms with van der Waals surface area (Å²) in [5, 5.41) is 9.94. The van der Waals surface area contributed by atoms with Gasteiger partial charge in [-0.2, -0.15) is 0 Å². The Labute approximate surface area is 80.2 Å². The first-order valence-corrected chi connectivity index (χ1v) is 4.97. The second-order valence-corrected chi connectivity index (χ2v) is 5.44. The Bertz CT molecular complexity index is 304. The molecule has 72 valence electrons. The van der Waals surface area contributed by atoms with E-state index >= 15 is 0 Å². The Morgan fingerprint density at radius 1 is 1.38 bits per heavy atom. The van der Waals surface area contributed by atoms with Crippen molar-refractivity contribution < 1.29 is 5.11 Å². The van der Waals surface area contributed by atoms with Gasteiger partial charge in [-0.1, -0.05) is 32.4 Å². The standard InChI is InChI=1S/C12H18O/c1-8-5-6-10(13)12(7-9(8)12)11(2,3)4/h5-6,9,13H,7H2,1-4H3. The summed E-state index contributed by atoms with van der Waals surface area (Å²) in [6, 6.07) is 0. The van der Waals surface area contributed by atoms with Gasteiger partial charge in [-0.3, -0.25) is 0 Å². The fraction of sp³-hybridized carbons (Fsp3) is 0.667. The SMILES string of the molecule is CC1=CC=C(O)C2(C(C)(C)C)CC12. The van der Waals surface area contributed by atoms with E-state index in [1.807, 2.05) is 6.08 Å². The quantitative estimate of drug-likeness (QED) is 0.602. The lowest BCUT2D eigenvalue weighted by atomic mass is 9.72. The molecule has 0 aromatic heterocycles. The summed E-state index contributed by atoms with van der Waals surface area (Å²) in [7, 11) is 0. The molecular formula is C12H18O. The van der Waals surface area contributed by atoms with Crippen molar-refractivity contribution in [2.75, 3.05) is 0 Å². The van der Waals surface area contributed by atoms with Crippen LogP contribution >= 0.6 is 0 Å². The summed E-state index contributed by atoms with van der Waals surface area (Å²) in [5.41, 5.74) is 1.66. The molecule has 2 unspecified atom stereocenters. The maximum absolute atomic E-state index is 9.94. The molecule has 0 saturated heterocycles. The lowest BCUT2D eigenvalue weighted by molar-refractivity contribution is 0.165. The van der Waals surface area contributed by atoms with Crippen molar-refractivity contribution >= 4 is 0 Å². The van der Waals surface area contributed by atoms with Gasteiger partial charge in [-0.05, 0) is 30.8 Å². The van der Waals surface area contributed by atoms with Crippen LogP contribution in [0.15, 0.2) is 23.5 Å². The normalized spacial score (nSPS) is 37.7. The highest BCUT2D eigenvalue weighted by Crippen LogP contribution is 2.70. The van der Waals surface area contributed by atoms with Crippen LogP contribution < -0.4 is 0 Å². The fourth-order valence-electron chi connectivity index (χ4n) is 2.78. The smallest absolute Gasteiger partial charge is 0.0995 e. The molecule has 0 aromatic rings. The van der Waals surface area contributed by atoms with Gasteiger partial charge in [0.05, 0.1) is 5.76 Å². The van der Waals surface area contributed by atoms with E-state index in [9.17, 15) is 5.11 Å². The van der Waals surface area contributed by atoms with E-state index in [-0.39, 0.29) is 10.8 Å². The molecule has 1 fully saturated rings. The molecule has 2 atom stereocenters. The van der Waals surface area contributed by atoms with Crippen LogP contribution in [0.2, 0.25) is 0 Å². The minimum atomic E-state index is 0.0613. The Morgan fingerprint density at radius 3 is 2.46 bits per heavy atom. The molecule has 2 aliphatic rings. The van der Waals surface area contributed by atoms with Crippen LogP contribution in [0, 0.1) is 16.7 Å². The summed E-state index contributed by atoms with van der Waals surface area (Å²) in [4.78, 5) is 0. The maximum atomic E-state index is 9.94. The highest BCUT2D eigenvalue weighted by atomic mass is 16.3. The lowest BCUT2D eigenvalue weighted by Gasteiger charge is -2.33. The Morgan fingerprint density at radius 2 is 2.00 bits per heavy atom. The van der Waals surface area contributed by atoms with Gasteiger partial charge in [-0.25, -0.2) is 0 Å². The molecule has 1 heteroatoms. The molecule has 0 aliphatic heterocycles. The maximum Gasteiger partial charge on any atom is 0.0995 e. The van der Waals surface area contributed by atoms with Gasteiger partial charge in [0.15, 0.2) is 0 Å². The Balaban J connectivity index is 2.42. The zero-order valence-corrected chi connectivity index (χ0v) is 8.89. The Hall–Kier alpha value is -0.720. The number of hydrogen-bond acceptors (Lipinski definition) is 1. The molecule has 2 rings (SSSR count). The molecule has 1 N–H and O–H groups in total. The minimum Gasteiger partial charge on any atom is -0.512 e. The molecule has 0 amide bonds. The number of fused-ring (bicyclic) bond motifs is 1. The van der Waals surface area contributed by atoms with Crippen molar-refractivity contribution in [2.24, 2.45) is 16.7 Å². The second kappa shape index (κ2) is 2.20. The first-order chi connectivity index (χ1) is 5.89. The third-order valence-electron chi connectivity index (χ3n) is 3.81. The van der Waals surface area contributed by atoms with Crippen LogP contribution in [0.1, 0.15) is 34.1 Å². The summed E-state index contributed by atoms with van der Waals surface area (Å²) in [5.74, 6) is 1.19. The van der Waals surface area contributed by atoms with Crippen molar-refractivity contribution in [1.29, 1.82) is 0 Å². The minimum absolute atomic E-state index is 0.0613. The van der Waals surface area contributed by atoms with E-state index < -0.39 is 0 Å². The molecule has 0 radical (unpaired) electrons. The molecule has 13 heavy (non-hydrogen) atoms. The van der Waals surface area contributed by atoms with Gasteiger partial charge < -0.3 is 5.11 Å². The summed E-state index contributed by atoms with van der Waals surface area (Å²) in [6.07, 6.45) is 5.06. The number of aliphatic hydroxyl groups is 1. The molecule has 0 aromatic carbocycles. The first kappa shape index (κ1) is 8.86. The van der Waals surface area contributed by atoms with Gasteiger partial charge in [0, 0.05) is 5.41 Å². The van der Waals surface area contributed by atoms with E-state index in [1.54, 1.807) is 0 Å². The van der Waals surface area contributed by atoms with Crippen LogP contribution in [-0.2, 0) is 0 Å². The van der Waals surface area contributed by atoms with E-state index in [2.05, 4.69) is 33.8 Å². The number of hydrogen-bond donors (Lipinski definition) is 1. The third-order valence-corrected chi connectivity index (χ3v) is 3.81. The van der Waals surface area contributed by atoms with Crippen LogP contribution in [-0.4, -0.2) is 5.11 Å². The summed E-state index contributed by atoms with van der Waals surface area (Å²) in [6.45, 7) is 8.82. The number of allylic oxidation sites excluding steroid dienone is 4. The zero-order valence-electron chi connectivity index (χ0n) is 8.89. The molecule has 2 aliphatic carbocycles. The van der Waals surface area contributed by atoms with Crippen LogP contribution in [0.25, 0.3) is 0 Å². The molecule has 0 heterocycles. The molecule has 0 spiro atoms. The lowest BCUT2D eigenvalue weighted by Crippen LogP contribution is -2.27.